The second-order valence-corrected chi connectivity index (χ2v) is 9.89. The summed E-state index contributed by atoms with van der Waals surface area (Å²) >= 11 is 5.80. The van der Waals surface area contributed by atoms with Crippen LogP contribution in [0.3, 0.4) is 0 Å². The number of aromatic nitrogens is 2. The molecule has 1 aromatic carbocycles. The third-order valence-corrected chi connectivity index (χ3v) is 7.30. The molecule has 1 N–H and O–H groups in total. The van der Waals surface area contributed by atoms with Gasteiger partial charge in [0.2, 0.25) is 0 Å². The molecule has 1 saturated heterocycles. The fourth-order valence-corrected chi connectivity index (χ4v) is 4.94. The highest BCUT2D eigenvalue weighted by molar-refractivity contribution is 14.1. The van der Waals surface area contributed by atoms with Crippen LogP contribution >= 0.6 is 38.5 Å². The first kappa shape index (κ1) is 18.4. The van der Waals surface area contributed by atoms with Crippen molar-refractivity contribution in [1.82, 2.24) is 9.38 Å². The van der Waals surface area contributed by atoms with Crippen molar-refractivity contribution >= 4 is 61.4 Å². The van der Waals surface area contributed by atoms with Crippen LogP contribution in [-0.4, -0.2) is 28.4 Å². The smallest absolute Gasteiger partial charge is 0.257 e. The number of hydrogen-bond donors (Lipinski definition) is 1. The Morgan fingerprint density at radius 2 is 1.93 bits per heavy atom. The van der Waals surface area contributed by atoms with Crippen LogP contribution in [0.5, 0.6) is 0 Å². The number of carbonyl (C=O) groups excluding carboxylic acids is 1. The highest BCUT2D eigenvalue weighted by Crippen LogP contribution is 2.54. The number of fused-ring (bicyclic) bond motifs is 1. The standard InChI is InChI=1S/C21H20BrIN4O/c22-18-12-24-19-4-2-15(13-27(18)19)25-20(28)16-3-1-14(23)11-17(16)26-9-7-21(5-6-21)8-10-26/h1-4,11-13H,5-10H2,(H,25,28). The Kier molecular flexibility index (Phi) is 4.62. The van der Waals surface area contributed by atoms with Crippen LogP contribution in [0, 0.1) is 8.99 Å². The van der Waals surface area contributed by atoms with E-state index >= 15 is 0 Å². The zero-order valence-corrected chi connectivity index (χ0v) is 19.0. The van der Waals surface area contributed by atoms with E-state index in [0.29, 0.717) is 5.41 Å². The Morgan fingerprint density at radius 3 is 2.68 bits per heavy atom. The summed E-state index contributed by atoms with van der Waals surface area (Å²) in [5.74, 6) is -0.0753. The van der Waals surface area contributed by atoms with E-state index in [9.17, 15) is 4.79 Å². The van der Waals surface area contributed by atoms with Gasteiger partial charge in [0, 0.05) is 22.9 Å². The molecule has 2 aromatic heterocycles. The van der Waals surface area contributed by atoms with Crippen LogP contribution in [0.1, 0.15) is 36.0 Å². The van der Waals surface area contributed by atoms with Crippen LogP contribution in [-0.2, 0) is 0 Å². The molecule has 0 bridgehead atoms. The molecule has 144 valence electrons. The molecule has 2 aliphatic rings. The maximum Gasteiger partial charge on any atom is 0.257 e. The van der Waals surface area contributed by atoms with Crippen LogP contribution in [0.25, 0.3) is 5.65 Å². The van der Waals surface area contributed by atoms with E-state index in [1.165, 1.54) is 25.7 Å². The molecular weight excluding hydrogens is 531 g/mol. The molecule has 7 heteroatoms. The number of hydrogen-bond acceptors (Lipinski definition) is 3. The normalized spacial score (nSPS) is 17.9. The Hall–Kier alpha value is -1.61. The molecule has 28 heavy (non-hydrogen) atoms. The number of anilines is 2. The Bertz CT molecular complexity index is 1070. The third-order valence-electron chi connectivity index (χ3n) is 6.04. The number of halogens is 2. The maximum absolute atomic E-state index is 13.1. The van der Waals surface area contributed by atoms with Crippen molar-refractivity contribution in [1.29, 1.82) is 0 Å². The first-order valence-corrected chi connectivity index (χ1v) is 11.4. The molecule has 2 fully saturated rings. The van der Waals surface area contributed by atoms with Gasteiger partial charge in [-0.3, -0.25) is 9.20 Å². The number of rotatable bonds is 3. The summed E-state index contributed by atoms with van der Waals surface area (Å²) in [5.41, 5.74) is 3.98. The van der Waals surface area contributed by atoms with Gasteiger partial charge in [-0.25, -0.2) is 4.98 Å². The van der Waals surface area contributed by atoms with E-state index < -0.39 is 0 Å². The predicted molar refractivity (Wildman–Crippen MR) is 123 cm³/mol. The van der Waals surface area contributed by atoms with Gasteiger partial charge >= 0.3 is 0 Å². The van der Waals surface area contributed by atoms with E-state index in [1.54, 1.807) is 6.20 Å². The molecular formula is C21H20BrIN4O. The van der Waals surface area contributed by atoms with Gasteiger partial charge in [0.1, 0.15) is 10.3 Å². The Morgan fingerprint density at radius 1 is 1.14 bits per heavy atom. The van der Waals surface area contributed by atoms with Gasteiger partial charge in [-0.05, 0) is 100.0 Å². The van der Waals surface area contributed by atoms with E-state index in [4.69, 9.17) is 0 Å². The lowest BCUT2D eigenvalue weighted by atomic mass is 9.93. The number of nitrogens with zero attached hydrogens (tertiary/aromatic N) is 3. The first-order valence-electron chi connectivity index (χ1n) is 9.52. The highest BCUT2D eigenvalue weighted by atomic mass is 127. The summed E-state index contributed by atoms with van der Waals surface area (Å²) < 4.78 is 3.92. The summed E-state index contributed by atoms with van der Waals surface area (Å²) in [6.07, 6.45) is 8.88. The lowest BCUT2D eigenvalue weighted by Crippen LogP contribution is -2.35. The molecule has 3 aromatic rings. The number of piperidine rings is 1. The van der Waals surface area contributed by atoms with Crippen molar-refractivity contribution in [2.24, 2.45) is 5.41 Å². The van der Waals surface area contributed by atoms with E-state index in [0.717, 1.165) is 43.8 Å². The van der Waals surface area contributed by atoms with Gasteiger partial charge < -0.3 is 10.2 Å². The molecule has 0 atom stereocenters. The van der Waals surface area contributed by atoms with Gasteiger partial charge in [0.05, 0.1) is 23.1 Å². The van der Waals surface area contributed by atoms with Crippen molar-refractivity contribution in [3.8, 4) is 0 Å². The van der Waals surface area contributed by atoms with Crippen LogP contribution in [0.2, 0.25) is 0 Å². The zero-order valence-electron chi connectivity index (χ0n) is 15.3. The highest BCUT2D eigenvalue weighted by Gasteiger charge is 2.44. The fraction of sp³-hybridized carbons (Fsp3) is 0.333. The minimum absolute atomic E-state index is 0.0753. The number of benzene rings is 1. The van der Waals surface area contributed by atoms with E-state index in [1.807, 2.05) is 34.9 Å². The van der Waals surface area contributed by atoms with Gasteiger partial charge in [-0.2, -0.15) is 0 Å². The molecule has 3 heterocycles. The summed E-state index contributed by atoms with van der Waals surface area (Å²) in [4.78, 5) is 19.8. The average molecular weight is 551 g/mol. The lowest BCUT2D eigenvalue weighted by Gasteiger charge is -2.35. The van der Waals surface area contributed by atoms with Crippen molar-refractivity contribution < 1.29 is 4.79 Å². The molecule has 0 radical (unpaired) electrons. The monoisotopic (exact) mass is 550 g/mol. The molecule has 5 nitrogen and oxygen atoms in total. The van der Waals surface area contributed by atoms with Crippen LogP contribution in [0.4, 0.5) is 11.4 Å². The first-order chi connectivity index (χ1) is 13.5. The number of pyridine rings is 1. The van der Waals surface area contributed by atoms with Crippen LogP contribution in [0.15, 0.2) is 47.3 Å². The summed E-state index contributed by atoms with van der Waals surface area (Å²) in [5, 5.41) is 3.06. The lowest BCUT2D eigenvalue weighted by molar-refractivity contribution is 0.102. The topological polar surface area (TPSA) is 49.6 Å². The minimum Gasteiger partial charge on any atom is -0.371 e. The van der Waals surface area contributed by atoms with Gasteiger partial charge in [-0.15, -0.1) is 0 Å². The maximum atomic E-state index is 13.1. The Balaban J connectivity index is 1.41. The minimum atomic E-state index is -0.0753. The Labute approximate surface area is 185 Å². The van der Waals surface area contributed by atoms with Crippen molar-refractivity contribution in [3.63, 3.8) is 0 Å². The predicted octanol–water partition coefficient (Wildman–Crippen LogP) is 5.33. The molecule has 1 aliphatic carbocycles. The average Bonchev–Trinajstić information content (AvgIpc) is 3.35. The van der Waals surface area contributed by atoms with E-state index in [-0.39, 0.29) is 5.91 Å². The van der Waals surface area contributed by atoms with Crippen molar-refractivity contribution in [2.45, 2.75) is 25.7 Å². The molecule has 0 unspecified atom stereocenters. The van der Waals surface area contributed by atoms with Gasteiger partial charge in [0.25, 0.3) is 5.91 Å². The van der Waals surface area contributed by atoms with Gasteiger partial charge in [0.15, 0.2) is 0 Å². The van der Waals surface area contributed by atoms with E-state index in [2.05, 4.69) is 59.8 Å². The molecule has 1 spiro atoms. The molecule has 1 saturated carbocycles. The second-order valence-electron chi connectivity index (χ2n) is 7.83. The van der Waals surface area contributed by atoms with Crippen molar-refractivity contribution in [2.75, 3.05) is 23.3 Å². The number of amides is 1. The fourth-order valence-electron chi connectivity index (χ4n) is 4.08. The van der Waals surface area contributed by atoms with Crippen LogP contribution < -0.4 is 10.2 Å². The summed E-state index contributed by atoms with van der Waals surface area (Å²) in [6.45, 7) is 2.07. The molecule has 1 aliphatic heterocycles. The third kappa shape index (κ3) is 3.43. The van der Waals surface area contributed by atoms with Gasteiger partial charge in [-0.1, -0.05) is 0 Å². The number of carbonyl (C=O) groups is 1. The quantitative estimate of drug-likeness (QED) is 0.448. The SMILES string of the molecule is O=C(Nc1ccc2ncc(Br)n2c1)c1ccc(I)cc1N1CCC2(CC1)CC2. The summed E-state index contributed by atoms with van der Waals surface area (Å²) in [6, 6.07) is 9.86. The second kappa shape index (κ2) is 7.02. The largest absolute Gasteiger partial charge is 0.371 e. The van der Waals surface area contributed by atoms with Crippen molar-refractivity contribution in [3.05, 3.63) is 56.5 Å². The molecule has 1 amide bonds. The zero-order chi connectivity index (χ0) is 19.3. The summed E-state index contributed by atoms with van der Waals surface area (Å²) in [7, 11) is 0. The number of nitrogens with one attached hydrogen (secondary N) is 1. The molecule has 5 rings (SSSR count). The number of imidazole rings is 1.